The summed E-state index contributed by atoms with van der Waals surface area (Å²) < 4.78 is 0. The van der Waals surface area contributed by atoms with Gasteiger partial charge in [0.1, 0.15) is 5.69 Å². The highest BCUT2D eigenvalue weighted by Crippen LogP contribution is 2.47. The topological polar surface area (TPSA) is 95.3 Å². The van der Waals surface area contributed by atoms with Crippen LogP contribution in [0.5, 0.6) is 0 Å². The van der Waals surface area contributed by atoms with Crippen molar-refractivity contribution in [1.82, 2.24) is 4.98 Å². The van der Waals surface area contributed by atoms with Crippen LogP contribution < -0.4 is 5.73 Å². The summed E-state index contributed by atoms with van der Waals surface area (Å²) in [6, 6.07) is 4.02. The first-order valence-corrected chi connectivity index (χ1v) is 6.16. The highest BCUT2D eigenvalue weighted by molar-refractivity contribution is 7.80. The number of nitriles is 1. The predicted molar refractivity (Wildman–Crippen MR) is 71.9 cm³/mol. The van der Waals surface area contributed by atoms with E-state index in [-0.39, 0.29) is 5.84 Å². The summed E-state index contributed by atoms with van der Waals surface area (Å²) in [6.45, 7) is 4.00. The van der Waals surface area contributed by atoms with Crippen molar-refractivity contribution in [3.8, 4) is 6.07 Å². The average Bonchev–Trinajstić information content (AvgIpc) is 3.21. The second-order valence-corrected chi connectivity index (χ2v) is 4.25. The van der Waals surface area contributed by atoms with Crippen LogP contribution in [0.2, 0.25) is 0 Å². The molecule has 0 aromatic carbocycles. The number of thiol groups is 1. The van der Waals surface area contributed by atoms with Gasteiger partial charge in [-0.2, -0.15) is 5.26 Å². The average molecular weight is 264 g/mol. The maximum absolute atomic E-state index is 9.03. The zero-order valence-corrected chi connectivity index (χ0v) is 11.3. The first-order chi connectivity index (χ1) is 8.63. The Morgan fingerprint density at radius 3 is 2.61 bits per heavy atom. The number of oxime groups is 1. The summed E-state index contributed by atoms with van der Waals surface area (Å²) >= 11 is 4.22. The molecule has 0 spiro atoms. The van der Waals surface area contributed by atoms with Crippen molar-refractivity contribution in [2.75, 3.05) is 0 Å². The molecule has 0 aliphatic heterocycles. The van der Waals surface area contributed by atoms with E-state index in [1.165, 1.54) is 0 Å². The Hall–Kier alpha value is -1.74. The summed E-state index contributed by atoms with van der Waals surface area (Å²) in [4.78, 5) is 4.57. The Bertz CT molecular complexity index is 503. The molecule has 2 rings (SSSR count). The minimum atomic E-state index is -0.395. The van der Waals surface area contributed by atoms with Crippen LogP contribution in [0.3, 0.4) is 0 Å². The normalized spacial score (nSPS) is 16.2. The molecule has 0 unspecified atom stereocenters. The SMILES string of the molecule is CC.N#CC1(c2cnc(/C(N)=N/O)c(S)c2)CC1. The molecule has 18 heavy (non-hydrogen) atoms. The molecule has 96 valence electrons. The van der Waals surface area contributed by atoms with E-state index in [0.29, 0.717) is 10.6 Å². The van der Waals surface area contributed by atoms with Gasteiger partial charge in [0, 0.05) is 11.1 Å². The molecule has 5 nitrogen and oxygen atoms in total. The van der Waals surface area contributed by atoms with Crippen LogP contribution in [0.1, 0.15) is 37.9 Å². The molecule has 0 amide bonds. The Morgan fingerprint density at radius 1 is 1.61 bits per heavy atom. The molecule has 1 aromatic rings. The summed E-state index contributed by atoms with van der Waals surface area (Å²) in [5.41, 5.74) is 6.20. The van der Waals surface area contributed by atoms with Crippen molar-refractivity contribution in [2.24, 2.45) is 10.9 Å². The van der Waals surface area contributed by atoms with Crippen molar-refractivity contribution in [1.29, 1.82) is 5.26 Å². The van der Waals surface area contributed by atoms with Gasteiger partial charge in [-0.15, -0.1) is 12.6 Å². The number of nitrogens with two attached hydrogens (primary N) is 1. The lowest BCUT2D eigenvalue weighted by molar-refractivity contribution is 0.318. The van der Waals surface area contributed by atoms with E-state index in [9.17, 15) is 0 Å². The molecule has 1 fully saturated rings. The highest BCUT2D eigenvalue weighted by atomic mass is 32.1. The lowest BCUT2D eigenvalue weighted by atomic mass is 9.99. The smallest absolute Gasteiger partial charge is 0.189 e. The molecule has 0 bridgehead atoms. The van der Waals surface area contributed by atoms with Crippen LogP contribution in [0.4, 0.5) is 0 Å². The number of amidine groups is 1. The first kappa shape index (κ1) is 14.3. The lowest BCUT2D eigenvalue weighted by Crippen LogP contribution is -2.17. The number of rotatable bonds is 2. The minimum Gasteiger partial charge on any atom is -0.409 e. The summed E-state index contributed by atoms with van der Waals surface area (Å²) in [5.74, 6) is -0.0849. The second-order valence-electron chi connectivity index (χ2n) is 3.77. The first-order valence-electron chi connectivity index (χ1n) is 5.71. The molecule has 3 N–H and O–H groups in total. The van der Waals surface area contributed by atoms with Crippen LogP contribution in [-0.2, 0) is 5.41 Å². The molecule has 1 saturated carbocycles. The van der Waals surface area contributed by atoms with E-state index >= 15 is 0 Å². The zero-order valence-electron chi connectivity index (χ0n) is 10.4. The van der Waals surface area contributed by atoms with Gasteiger partial charge in [0.15, 0.2) is 5.84 Å². The van der Waals surface area contributed by atoms with Crippen molar-refractivity contribution in [3.05, 3.63) is 23.5 Å². The van der Waals surface area contributed by atoms with Gasteiger partial charge in [0.2, 0.25) is 0 Å². The fourth-order valence-electron chi connectivity index (χ4n) is 1.55. The molecule has 0 atom stereocenters. The van der Waals surface area contributed by atoms with Crippen molar-refractivity contribution in [2.45, 2.75) is 37.0 Å². The zero-order chi connectivity index (χ0) is 13.8. The van der Waals surface area contributed by atoms with Gasteiger partial charge in [-0.3, -0.25) is 4.98 Å². The highest BCUT2D eigenvalue weighted by Gasteiger charge is 2.45. The van der Waals surface area contributed by atoms with E-state index in [1.807, 2.05) is 13.8 Å². The van der Waals surface area contributed by atoms with Gasteiger partial charge in [0.05, 0.1) is 11.5 Å². The third-order valence-corrected chi connectivity index (χ3v) is 3.08. The molecular formula is C12H16N4OS. The van der Waals surface area contributed by atoms with Gasteiger partial charge < -0.3 is 10.9 Å². The van der Waals surface area contributed by atoms with Crippen molar-refractivity contribution < 1.29 is 5.21 Å². The molecule has 1 aromatic heterocycles. The minimum absolute atomic E-state index is 0.0849. The van der Waals surface area contributed by atoms with E-state index < -0.39 is 5.41 Å². The molecule has 6 heteroatoms. The third-order valence-electron chi connectivity index (χ3n) is 2.73. The number of hydrogen-bond acceptors (Lipinski definition) is 5. The molecule has 1 aliphatic carbocycles. The number of pyridine rings is 1. The molecule has 0 saturated heterocycles. The second kappa shape index (κ2) is 5.74. The monoisotopic (exact) mass is 264 g/mol. The number of nitrogens with zero attached hydrogens (tertiary/aromatic N) is 3. The van der Waals surface area contributed by atoms with Crippen LogP contribution in [0, 0.1) is 11.3 Å². The number of hydrogen-bond donors (Lipinski definition) is 3. The summed E-state index contributed by atoms with van der Waals surface area (Å²) in [7, 11) is 0. The van der Waals surface area contributed by atoms with Crippen LogP contribution in [0.25, 0.3) is 0 Å². The third kappa shape index (κ3) is 2.57. The summed E-state index contributed by atoms with van der Waals surface area (Å²) in [6.07, 6.45) is 3.28. The lowest BCUT2D eigenvalue weighted by Gasteiger charge is -2.08. The van der Waals surface area contributed by atoms with Gasteiger partial charge in [-0.1, -0.05) is 19.0 Å². The van der Waals surface area contributed by atoms with E-state index in [0.717, 1.165) is 18.4 Å². The van der Waals surface area contributed by atoms with E-state index in [1.54, 1.807) is 12.3 Å². The Labute approximate surface area is 112 Å². The maximum Gasteiger partial charge on any atom is 0.189 e. The van der Waals surface area contributed by atoms with Crippen LogP contribution in [-0.4, -0.2) is 16.0 Å². The predicted octanol–water partition coefficient (Wildman–Crippen LogP) is 2.05. The number of aromatic nitrogens is 1. The largest absolute Gasteiger partial charge is 0.409 e. The van der Waals surface area contributed by atoms with Gasteiger partial charge in [0.25, 0.3) is 0 Å². The molecule has 1 aliphatic rings. The van der Waals surface area contributed by atoms with Gasteiger partial charge >= 0.3 is 0 Å². The molecule has 0 radical (unpaired) electrons. The van der Waals surface area contributed by atoms with Gasteiger partial charge in [-0.25, -0.2) is 0 Å². The molecule has 1 heterocycles. The Kier molecular flexibility index (Phi) is 4.56. The van der Waals surface area contributed by atoms with Gasteiger partial charge in [-0.05, 0) is 24.5 Å². The maximum atomic E-state index is 9.03. The Morgan fingerprint density at radius 2 is 2.22 bits per heavy atom. The standard InChI is InChI=1S/C10H10N4OS.C2H6/c11-5-10(1-2-10)6-3-7(16)8(13-4-6)9(12)14-15;1-2/h3-4,15-16H,1-2H2,(H2,12,14);1-2H3. The summed E-state index contributed by atoms with van der Waals surface area (Å²) in [5, 5.41) is 20.4. The van der Waals surface area contributed by atoms with Crippen molar-refractivity contribution in [3.63, 3.8) is 0 Å². The molecular weight excluding hydrogens is 248 g/mol. The van der Waals surface area contributed by atoms with Crippen LogP contribution in [0.15, 0.2) is 22.3 Å². The van der Waals surface area contributed by atoms with Crippen molar-refractivity contribution >= 4 is 18.5 Å². The fraction of sp³-hybridized carbons (Fsp3) is 0.417. The Balaban J connectivity index is 0.000000771. The fourth-order valence-corrected chi connectivity index (χ4v) is 1.86. The van der Waals surface area contributed by atoms with Crippen LogP contribution >= 0.6 is 12.6 Å². The van der Waals surface area contributed by atoms with E-state index in [2.05, 4.69) is 28.8 Å². The van der Waals surface area contributed by atoms with E-state index in [4.69, 9.17) is 16.2 Å². The quantitative estimate of drug-likeness (QED) is 0.250.